The first-order valence-corrected chi connectivity index (χ1v) is 6.23. The normalized spacial score (nSPS) is 10.8. The third-order valence-corrected chi connectivity index (χ3v) is 3.20. The van der Waals surface area contributed by atoms with E-state index in [9.17, 15) is 0 Å². The molecule has 0 saturated carbocycles. The van der Waals surface area contributed by atoms with Crippen molar-refractivity contribution in [2.75, 3.05) is 12.8 Å². The van der Waals surface area contributed by atoms with Crippen LogP contribution in [0.5, 0.6) is 0 Å². The lowest BCUT2D eigenvalue weighted by Gasteiger charge is -2.19. The summed E-state index contributed by atoms with van der Waals surface area (Å²) in [6.45, 7) is 3.97. The van der Waals surface area contributed by atoms with E-state index in [0.29, 0.717) is 0 Å². The molecule has 0 fully saturated rings. The molecule has 0 heterocycles. The van der Waals surface area contributed by atoms with Crippen LogP contribution in [0, 0.1) is 6.92 Å². The smallest absolute Gasteiger partial charge is 0.0359 e. The average Bonchev–Trinajstić information content (AvgIpc) is 2.35. The van der Waals surface area contributed by atoms with Gasteiger partial charge < -0.3 is 5.73 Å². The SMILES string of the molecule is Cc1ccccc1CN(C)Cc1ccccc1N. The Labute approximate surface area is 109 Å². The van der Waals surface area contributed by atoms with Crippen LogP contribution in [0.1, 0.15) is 16.7 Å². The topological polar surface area (TPSA) is 29.3 Å². The summed E-state index contributed by atoms with van der Waals surface area (Å²) in [4.78, 5) is 2.29. The maximum atomic E-state index is 5.97. The van der Waals surface area contributed by atoms with Crippen molar-refractivity contribution in [1.29, 1.82) is 0 Å². The van der Waals surface area contributed by atoms with E-state index in [1.807, 2.05) is 18.2 Å². The molecule has 0 spiro atoms. The second-order valence-electron chi connectivity index (χ2n) is 4.80. The van der Waals surface area contributed by atoms with Crippen molar-refractivity contribution in [2.24, 2.45) is 0 Å². The van der Waals surface area contributed by atoms with Crippen LogP contribution in [0.4, 0.5) is 5.69 Å². The molecule has 0 bridgehead atoms. The van der Waals surface area contributed by atoms with E-state index in [0.717, 1.165) is 18.8 Å². The first-order valence-electron chi connectivity index (χ1n) is 6.23. The molecule has 0 saturated heterocycles. The van der Waals surface area contributed by atoms with Gasteiger partial charge in [-0.05, 0) is 36.7 Å². The highest BCUT2D eigenvalue weighted by molar-refractivity contribution is 5.46. The van der Waals surface area contributed by atoms with Crippen molar-refractivity contribution < 1.29 is 0 Å². The minimum atomic E-state index is 0.870. The van der Waals surface area contributed by atoms with E-state index in [-0.39, 0.29) is 0 Å². The zero-order valence-electron chi connectivity index (χ0n) is 11.1. The van der Waals surface area contributed by atoms with Gasteiger partial charge in [-0.3, -0.25) is 4.90 Å². The molecular formula is C16H20N2. The van der Waals surface area contributed by atoms with Gasteiger partial charge >= 0.3 is 0 Å². The fraction of sp³-hybridized carbons (Fsp3) is 0.250. The number of nitrogens with two attached hydrogens (primary N) is 1. The number of aryl methyl sites for hydroxylation is 1. The van der Waals surface area contributed by atoms with Gasteiger partial charge in [0.1, 0.15) is 0 Å². The first-order chi connectivity index (χ1) is 8.66. The van der Waals surface area contributed by atoms with Crippen molar-refractivity contribution >= 4 is 5.69 Å². The zero-order chi connectivity index (χ0) is 13.0. The molecule has 0 aliphatic carbocycles. The summed E-state index contributed by atoms with van der Waals surface area (Å²) in [6.07, 6.45) is 0. The molecular weight excluding hydrogens is 220 g/mol. The molecule has 18 heavy (non-hydrogen) atoms. The van der Waals surface area contributed by atoms with Crippen molar-refractivity contribution in [3.05, 3.63) is 65.2 Å². The maximum Gasteiger partial charge on any atom is 0.0359 e. The van der Waals surface area contributed by atoms with Crippen molar-refractivity contribution in [2.45, 2.75) is 20.0 Å². The molecule has 2 aromatic rings. The van der Waals surface area contributed by atoms with Crippen molar-refractivity contribution in [1.82, 2.24) is 4.90 Å². The molecule has 0 aliphatic rings. The summed E-state index contributed by atoms with van der Waals surface area (Å²) < 4.78 is 0. The predicted octanol–water partition coefficient (Wildman–Crippen LogP) is 3.21. The Balaban J connectivity index is 2.04. The number of hydrogen-bond donors (Lipinski definition) is 1. The van der Waals surface area contributed by atoms with Crippen LogP contribution in [0.15, 0.2) is 48.5 Å². The largest absolute Gasteiger partial charge is 0.398 e. The molecule has 0 amide bonds. The molecule has 2 heteroatoms. The Kier molecular flexibility index (Phi) is 4.00. The summed E-state index contributed by atoms with van der Waals surface area (Å²) in [6, 6.07) is 16.6. The lowest BCUT2D eigenvalue weighted by molar-refractivity contribution is 0.319. The molecule has 0 unspecified atom stereocenters. The Bertz CT molecular complexity index is 473. The van der Waals surface area contributed by atoms with E-state index in [2.05, 4.69) is 49.2 Å². The van der Waals surface area contributed by atoms with Crippen molar-refractivity contribution in [3.8, 4) is 0 Å². The third kappa shape index (κ3) is 3.11. The molecule has 2 aromatic carbocycles. The van der Waals surface area contributed by atoms with Crippen molar-refractivity contribution in [3.63, 3.8) is 0 Å². The van der Waals surface area contributed by atoms with E-state index in [1.165, 1.54) is 16.7 Å². The van der Waals surface area contributed by atoms with E-state index in [1.54, 1.807) is 0 Å². The maximum absolute atomic E-state index is 5.97. The monoisotopic (exact) mass is 240 g/mol. The highest BCUT2D eigenvalue weighted by atomic mass is 15.1. The van der Waals surface area contributed by atoms with Gasteiger partial charge in [0, 0.05) is 18.8 Å². The highest BCUT2D eigenvalue weighted by Gasteiger charge is 2.05. The lowest BCUT2D eigenvalue weighted by atomic mass is 10.1. The highest BCUT2D eigenvalue weighted by Crippen LogP contribution is 2.15. The molecule has 2 nitrogen and oxygen atoms in total. The van der Waals surface area contributed by atoms with Gasteiger partial charge in [0.05, 0.1) is 0 Å². The van der Waals surface area contributed by atoms with Crippen LogP contribution in [0.3, 0.4) is 0 Å². The van der Waals surface area contributed by atoms with Crippen LogP contribution in [-0.2, 0) is 13.1 Å². The minimum absolute atomic E-state index is 0.870. The van der Waals surface area contributed by atoms with Gasteiger partial charge in [-0.25, -0.2) is 0 Å². The molecule has 94 valence electrons. The Morgan fingerprint density at radius 1 is 0.889 bits per heavy atom. The predicted molar refractivity (Wildman–Crippen MR) is 77.2 cm³/mol. The molecule has 0 atom stereocenters. The Hall–Kier alpha value is -1.80. The summed E-state index contributed by atoms with van der Waals surface area (Å²) >= 11 is 0. The first kappa shape index (κ1) is 12.7. The fourth-order valence-electron chi connectivity index (χ4n) is 2.10. The molecule has 0 aromatic heterocycles. The third-order valence-electron chi connectivity index (χ3n) is 3.20. The summed E-state index contributed by atoms with van der Waals surface area (Å²) in [5.41, 5.74) is 10.7. The fourth-order valence-corrected chi connectivity index (χ4v) is 2.10. The Morgan fingerprint density at radius 2 is 1.44 bits per heavy atom. The quantitative estimate of drug-likeness (QED) is 0.831. The zero-order valence-corrected chi connectivity index (χ0v) is 11.1. The second-order valence-corrected chi connectivity index (χ2v) is 4.80. The number of anilines is 1. The van der Waals surface area contributed by atoms with E-state index >= 15 is 0 Å². The van der Waals surface area contributed by atoms with E-state index < -0.39 is 0 Å². The van der Waals surface area contributed by atoms with Gasteiger partial charge in [0.25, 0.3) is 0 Å². The van der Waals surface area contributed by atoms with Gasteiger partial charge in [-0.15, -0.1) is 0 Å². The second kappa shape index (κ2) is 5.69. The number of nitrogens with zero attached hydrogens (tertiary/aromatic N) is 1. The minimum Gasteiger partial charge on any atom is -0.398 e. The van der Waals surface area contributed by atoms with Crippen LogP contribution < -0.4 is 5.73 Å². The number of hydrogen-bond acceptors (Lipinski definition) is 2. The molecule has 0 aliphatic heterocycles. The molecule has 0 radical (unpaired) electrons. The summed E-state index contributed by atoms with van der Waals surface area (Å²) in [5, 5.41) is 0. The van der Waals surface area contributed by atoms with Crippen LogP contribution >= 0.6 is 0 Å². The number of benzene rings is 2. The summed E-state index contributed by atoms with van der Waals surface area (Å²) in [7, 11) is 2.12. The lowest BCUT2D eigenvalue weighted by Crippen LogP contribution is -2.18. The van der Waals surface area contributed by atoms with Crippen LogP contribution in [0.25, 0.3) is 0 Å². The molecule has 2 N–H and O–H groups in total. The van der Waals surface area contributed by atoms with Crippen LogP contribution in [-0.4, -0.2) is 11.9 Å². The van der Waals surface area contributed by atoms with E-state index in [4.69, 9.17) is 5.73 Å². The van der Waals surface area contributed by atoms with Gasteiger partial charge in [-0.2, -0.15) is 0 Å². The van der Waals surface area contributed by atoms with Crippen LogP contribution in [0.2, 0.25) is 0 Å². The van der Waals surface area contributed by atoms with Gasteiger partial charge in [-0.1, -0.05) is 42.5 Å². The number of para-hydroxylation sites is 1. The summed E-state index contributed by atoms with van der Waals surface area (Å²) in [5.74, 6) is 0. The number of rotatable bonds is 4. The average molecular weight is 240 g/mol. The number of nitrogen functional groups attached to an aromatic ring is 1. The van der Waals surface area contributed by atoms with Gasteiger partial charge in [0.15, 0.2) is 0 Å². The molecule has 2 rings (SSSR count). The van der Waals surface area contributed by atoms with Gasteiger partial charge in [0.2, 0.25) is 0 Å². The standard InChI is InChI=1S/C16H20N2/c1-13-7-3-4-8-14(13)11-18(2)12-15-9-5-6-10-16(15)17/h3-10H,11-12,17H2,1-2H3. The Morgan fingerprint density at radius 3 is 2.11 bits per heavy atom.